The average Bonchev–Trinajstić information content (AvgIpc) is 3.12. The van der Waals surface area contributed by atoms with Crippen molar-refractivity contribution in [3.8, 4) is 5.75 Å². The summed E-state index contributed by atoms with van der Waals surface area (Å²) in [7, 11) is 0. The van der Waals surface area contributed by atoms with Gasteiger partial charge in [0.05, 0.1) is 10.6 Å². The first-order chi connectivity index (χ1) is 11.8. The smallest absolute Gasteiger partial charge is 0.416 e. The molecule has 2 fully saturated rings. The van der Waals surface area contributed by atoms with Gasteiger partial charge in [-0.2, -0.15) is 13.2 Å². The fourth-order valence-electron chi connectivity index (χ4n) is 3.49. The Morgan fingerprint density at radius 2 is 2.12 bits per heavy atom. The number of hydrogen-bond acceptors (Lipinski definition) is 3. The standard InChI is InChI=1S/C17H12ClF3O4/c18-10-5-7(17(19,20)21)1-4-11(10)24-8-2-3-9-12(6-8)25-15-13(9)14(15)16(22)23/h1-2,4-6,9,13-15H,3H2,(H,22,23)/t9?,13-,14-,15-/m1/s1. The number of fused-ring (bicyclic) bond motifs is 3. The number of carbonyl (C=O) groups is 1. The lowest BCUT2D eigenvalue weighted by molar-refractivity contribution is -0.140. The summed E-state index contributed by atoms with van der Waals surface area (Å²) in [6.07, 6.45) is -0.792. The van der Waals surface area contributed by atoms with Crippen LogP contribution < -0.4 is 4.74 Å². The molecule has 1 saturated carbocycles. The second-order valence-electron chi connectivity index (χ2n) is 6.26. The van der Waals surface area contributed by atoms with E-state index in [4.69, 9.17) is 26.2 Å². The van der Waals surface area contributed by atoms with E-state index in [-0.39, 0.29) is 28.7 Å². The van der Waals surface area contributed by atoms with Gasteiger partial charge in [-0.15, -0.1) is 0 Å². The van der Waals surface area contributed by atoms with Crippen LogP contribution in [0, 0.1) is 17.8 Å². The molecule has 1 saturated heterocycles. The lowest BCUT2D eigenvalue weighted by Gasteiger charge is -2.20. The number of ether oxygens (including phenoxy) is 2. The first-order valence-corrected chi connectivity index (χ1v) is 7.99. The first kappa shape index (κ1) is 16.3. The van der Waals surface area contributed by atoms with Gasteiger partial charge in [-0.3, -0.25) is 4.79 Å². The Morgan fingerprint density at radius 1 is 1.36 bits per heavy atom. The van der Waals surface area contributed by atoms with Crippen LogP contribution >= 0.6 is 11.6 Å². The molecule has 1 heterocycles. The summed E-state index contributed by atoms with van der Waals surface area (Å²) in [6, 6.07) is 2.89. The molecule has 4 rings (SSSR count). The quantitative estimate of drug-likeness (QED) is 0.861. The zero-order chi connectivity index (χ0) is 17.9. The maximum atomic E-state index is 12.7. The summed E-state index contributed by atoms with van der Waals surface area (Å²) in [6.45, 7) is 0. The molecule has 0 aromatic heterocycles. The number of alkyl halides is 3. The highest BCUT2D eigenvalue weighted by Gasteiger charge is 2.66. The largest absolute Gasteiger partial charge is 0.493 e. The van der Waals surface area contributed by atoms with Crippen molar-refractivity contribution in [3.63, 3.8) is 0 Å². The number of carboxylic acid groups (broad SMARTS) is 1. The molecule has 1 N–H and O–H groups in total. The molecule has 132 valence electrons. The van der Waals surface area contributed by atoms with Crippen molar-refractivity contribution < 1.29 is 32.5 Å². The Kier molecular flexibility index (Phi) is 3.54. The van der Waals surface area contributed by atoms with Gasteiger partial charge in [0.2, 0.25) is 0 Å². The third-order valence-corrected chi connectivity index (χ3v) is 5.03. The van der Waals surface area contributed by atoms with Gasteiger partial charge in [0.1, 0.15) is 29.3 Å². The minimum absolute atomic E-state index is 0.0153. The molecule has 1 aromatic rings. The number of carboxylic acids is 1. The van der Waals surface area contributed by atoms with Crippen molar-refractivity contribution in [3.05, 3.63) is 52.5 Å². The van der Waals surface area contributed by atoms with Crippen LogP contribution in [0.3, 0.4) is 0 Å². The van der Waals surface area contributed by atoms with E-state index in [1.165, 1.54) is 6.07 Å². The molecule has 4 atom stereocenters. The van der Waals surface area contributed by atoms with E-state index in [1.54, 1.807) is 12.2 Å². The summed E-state index contributed by atoms with van der Waals surface area (Å²) in [4.78, 5) is 11.1. The van der Waals surface area contributed by atoms with E-state index in [0.29, 0.717) is 17.9 Å². The maximum absolute atomic E-state index is 12.7. The van der Waals surface area contributed by atoms with Gasteiger partial charge in [0.15, 0.2) is 0 Å². The number of halogens is 4. The predicted molar refractivity (Wildman–Crippen MR) is 80.8 cm³/mol. The molecular formula is C17H12ClF3O4. The van der Waals surface area contributed by atoms with Gasteiger partial charge in [-0.05, 0) is 30.7 Å². The van der Waals surface area contributed by atoms with E-state index in [1.807, 2.05) is 0 Å². The summed E-state index contributed by atoms with van der Waals surface area (Å²) < 4.78 is 49.2. The highest BCUT2D eigenvalue weighted by Crippen LogP contribution is 2.59. The molecular weight excluding hydrogens is 361 g/mol. The Bertz CT molecular complexity index is 815. The van der Waals surface area contributed by atoms with Crippen molar-refractivity contribution >= 4 is 17.6 Å². The normalized spacial score (nSPS) is 29.8. The fraction of sp³-hybridized carbons (Fsp3) is 0.353. The molecule has 1 unspecified atom stereocenters. The zero-order valence-corrected chi connectivity index (χ0v) is 13.3. The lowest BCUT2D eigenvalue weighted by Crippen LogP contribution is -2.15. The topological polar surface area (TPSA) is 55.8 Å². The van der Waals surface area contributed by atoms with Gasteiger partial charge in [-0.25, -0.2) is 0 Å². The number of rotatable bonds is 3. The summed E-state index contributed by atoms with van der Waals surface area (Å²) in [5.41, 5.74) is -0.847. The van der Waals surface area contributed by atoms with Gasteiger partial charge >= 0.3 is 12.1 Å². The Labute approximate surface area is 145 Å². The molecule has 25 heavy (non-hydrogen) atoms. The van der Waals surface area contributed by atoms with Crippen LogP contribution in [0.15, 0.2) is 41.9 Å². The van der Waals surface area contributed by atoms with Gasteiger partial charge < -0.3 is 14.6 Å². The van der Waals surface area contributed by atoms with Crippen LogP contribution in [0.2, 0.25) is 5.02 Å². The van der Waals surface area contributed by atoms with Crippen LogP contribution in [0.25, 0.3) is 0 Å². The van der Waals surface area contributed by atoms with Crippen LogP contribution in [0.5, 0.6) is 5.75 Å². The third-order valence-electron chi connectivity index (χ3n) is 4.74. The molecule has 1 aromatic carbocycles. The molecule has 0 spiro atoms. The molecule has 8 heteroatoms. The van der Waals surface area contributed by atoms with Crippen molar-refractivity contribution in [1.29, 1.82) is 0 Å². The fourth-order valence-corrected chi connectivity index (χ4v) is 3.71. The molecule has 0 bridgehead atoms. The van der Waals surface area contributed by atoms with E-state index in [0.717, 1.165) is 12.1 Å². The monoisotopic (exact) mass is 372 g/mol. The summed E-state index contributed by atoms with van der Waals surface area (Å²) in [5, 5.41) is 8.93. The molecule has 2 aliphatic carbocycles. The Hall–Kier alpha value is -2.15. The second kappa shape index (κ2) is 5.42. The first-order valence-electron chi connectivity index (χ1n) is 7.61. The SMILES string of the molecule is O=C(O)[C@H]1[C@@H]2OC3=CC(Oc4ccc(C(F)(F)F)cc4Cl)=CCC3[C@@H]21. The zero-order valence-electron chi connectivity index (χ0n) is 12.6. The second-order valence-corrected chi connectivity index (χ2v) is 6.67. The minimum Gasteiger partial charge on any atom is -0.493 e. The van der Waals surface area contributed by atoms with Crippen molar-refractivity contribution in [2.45, 2.75) is 18.7 Å². The highest BCUT2D eigenvalue weighted by atomic mass is 35.5. The van der Waals surface area contributed by atoms with E-state index >= 15 is 0 Å². The average molecular weight is 373 g/mol. The van der Waals surface area contributed by atoms with E-state index < -0.39 is 23.6 Å². The van der Waals surface area contributed by atoms with Gasteiger partial charge in [-0.1, -0.05) is 11.6 Å². The van der Waals surface area contributed by atoms with Crippen molar-refractivity contribution in [2.24, 2.45) is 17.8 Å². The summed E-state index contributed by atoms with van der Waals surface area (Å²) >= 11 is 5.88. The molecule has 1 aliphatic heterocycles. The van der Waals surface area contributed by atoms with Crippen molar-refractivity contribution in [1.82, 2.24) is 0 Å². The van der Waals surface area contributed by atoms with Crippen LogP contribution in [0.4, 0.5) is 13.2 Å². The lowest BCUT2D eigenvalue weighted by atomic mass is 9.92. The molecule has 4 nitrogen and oxygen atoms in total. The third kappa shape index (κ3) is 2.76. The van der Waals surface area contributed by atoms with Crippen LogP contribution in [-0.2, 0) is 15.7 Å². The maximum Gasteiger partial charge on any atom is 0.416 e. The molecule has 0 amide bonds. The van der Waals surface area contributed by atoms with E-state index in [2.05, 4.69) is 0 Å². The highest BCUT2D eigenvalue weighted by molar-refractivity contribution is 6.32. The number of benzene rings is 1. The Balaban J connectivity index is 1.47. The van der Waals surface area contributed by atoms with Crippen LogP contribution in [0.1, 0.15) is 12.0 Å². The number of aliphatic carboxylic acids is 1. The number of hydrogen-bond donors (Lipinski definition) is 1. The Morgan fingerprint density at radius 3 is 2.76 bits per heavy atom. The van der Waals surface area contributed by atoms with Crippen molar-refractivity contribution in [2.75, 3.05) is 0 Å². The molecule has 3 aliphatic rings. The van der Waals surface area contributed by atoms with Gasteiger partial charge in [0.25, 0.3) is 0 Å². The van der Waals surface area contributed by atoms with Crippen LogP contribution in [-0.4, -0.2) is 17.2 Å². The summed E-state index contributed by atoms with van der Waals surface area (Å²) in [5.74, 6) is -0.117. The minimum atomic E-state index is -4.47. The molecule has 0 radical (unpaired) electrons. The number of allylic oxidation sites excluding steroid dienone is 3. The predicted octanol–water partition coefficient (Wildman–Crippen LogP) is 4.25. The van der Waals surface area contributed by atoms with Gasteiger partial charge in [0, 0.05) is 17.9 Å². The van der Waals surface area contributed by atoms with E-state index in [9.17, 15) is 18.0 Å².